The smallest absolute Gasteiger partial charge is 0.319 e. The van der Waals surface area contributed by atoms with Crippen LogP contribution >= 0.6 is 0 Å². The molecule has 0 rings (SSSR count). The normalized spacial score (nSPS) is 16.5. The molecule has 0 atom stereocenters. The standard InChI is InChI=1S/C14F30O2Si/c15-1(16)2(17)47(45-12(39,40)10(33,34)35,46-13(41,42)11(36,37)38)14(43,44)8(28,29)6(24,25)4(20,21)3(18,19)5(22,23)7(26,27)9(30,31)32. The molecule has 0 aromatic carbocycles. The molecule has 2 nitrogen and oxygen atoms in total. The lowest BCUT2D eigenvalue weighted by molar-refractivity contribution is -0.461. The fourth-order valence-electron chi connectivity index (χ4n) is 2.35. The maximum atomic E-state index is 14.6. The van der Waals surface area contributed by atoms with Crippen molar-refractivity contribution in [2.24, 2.45) is 0 Å². The quantitative estimate of drug-likeness (QED) is 0.145. The lowest BCUT2D eigenvalue weighted by Crippen LogP contribution is -2.79. The minimum absolute atomic E-state index is 1.21. The summed E-state index contributed by atoms with van der Waals surface area (Å²) in [6.07, 6.45) is -47.1. The van der Waals surface area contributed by atoms with Crippen molar-refractivity contribution < 1.29 is 141 Å². The van der Waals surface area contributed by atoms with Gasteiger partial charge in [-0.15, -0.1) is 0 Å². The molecule has 0 saturated carbocycles. The van der Waals surface area contributed by atoms with Crippen molar-refractivity contribution in [2.75, 3.05) is 0 Å². The first kappa shape index (κ1) is 44.8. The molecule has 0 aliphatic carbocycles. The number of hydrogen-bond acceptors (Lipinski definition) is 2. The maximum absolute atomic E-state index is 14.6. The molecule has 282 valence electrons. The first-order chi connectivity index (χ1) is 19.8. The summed E-state index contributed by atoms with van der Waals surface area (Å²) in [5.41, 5.74) is -15.6. The predicted octanol–water partition coefficient (Wildman–Crippen LogP) is 9.94. The fourth-order valence-corrected chi connectivity index (χ4v) is 4.87. The highest BCUT2D eigenvalue weighted by atomic mass is 28.4. The molecule has 0 N–H and O–H groups in total. The maximum Gasteiger partial charge on any atom is 0.498 e. The van der Waals surface area contributed by atoms with Crippen LogP contribution in [0, 0.1) is 0 Å². The number of rotatable bonds is 12. The van der Waals surface area contributed by atoms with Crippen LogP contribution in [0.25, 0.3) is 0 Å². The van der Waals surface area contributed by atoms with Gasteiger partial charge in [-0.3, -0.25) is 0 Å². The van der Waals surface area contributed by atoms with Crippen molar-refractivity contribution in [1.29, 1.82) is 0 Å². The Morgan fingerprint density at radius 3 is 0.766 bits per heavy atom. The van der Waals surface area contributed by atoms with Gasteiger partial charge in [-0.05, 0) is 0 Å². The summed E-state index contributed by atoms with van der Waals surface area (Å²) in [6.45, 7) is 0. The van der Waals surface area contributed by atoms with Gasteiger partial charge in [-0.1, -0.05) is 0 Å². The van der Waals surface area contributed by atoms with E-state index in [4.69, 9.17) is 0 Å². The van der Waals surface area contributed by atoms with Crippen LogP contribution in [-0.2, 0) is 8.85 Å². The lowest BCUT2D eigenvalue weighted by atomic mass is 9.91. The third-order valence-electron chi connectivity index (χ3n) is 4.79. The Balaban J connectivity index is 8.34. The highest BCUT2D eigenvalue weighted by Crippen LogP contribution is 2.66. The Kier molecular flexibility index (Phi) is 10.9. The van der Waals surface area contributed by atoms with Gasteiger partial charge in [0.1, 0.15) is 0 Å². The second-order valence-corrected chi connectivity index (χ2v) is 10.7. The van der Waals surface area contributed by atoms with E-state index >= 15 is 0 Å². The Hall–Kier alpha value is -2.22. The monoisotopic (exact) mass is 798 g/mol. The predicted molar refractivity (Wildman–Crippen MR) is 81.0 cm³/mol. The molecule has 0 aromatic rings. The second kappa shape index (κ2) is 11.4. The zero-order valence-electron chi connectivity index (χ0n) is 19.7. The van der Waals surface area contributed by atoms with Gasteiger partial charge in [0.15, 0.2) is 0 Å². The van der Waals surface area contributed by atoms with Crippen molar-refractivity contribution in [3.8, 4) is 0 Å². The summed E-state index contributed by atoms with van der Waals surface area (Å²) in [5.74, 6) is -57.6. The molecular weight excluding hydrogens is 798 g/mol. The molecule has 0 aromatic heterocycles. The summed E-state index contributed by atoms with van der Waals surface area (Å²) in [6, 6.07) is 0. The molecule has 0 unspecified atom stereocenters. The fraction of sp³-hybridized carbons (Fsp3) is 0.857. The summed E-state index contributed by atoms with van der Waals surface area (Å²) >= 11 is 0. The van der Waals surface area contributed by atoms with E-state index in [0.717, 1.165) is 0 Å². The molecule has 47 heavy (non-hydrogen) atoms. The van der Waals surface area contributed by atoms with Gasteiger partial charge < -0.3 is 8.85 Å². The van der Waals surface area contributed by atoms with Crippen LogP contribution in [0.1, 0.15) is 0 Å². The van der Waals surface area contributed by atoms with E-state index < -0.39 is 91.9 Å². The average Bonchev–Trinajstić information content (AvgIpc) is 2.79. The number of alkyl halides is 27. The molecule has 0 bridgehead atoms. The van der Waals surface area contributed by atoms with E-state index in [-0.39, 0.29) is 0 Å². The Bertz CT molecular complexity index is 1140. The summed E-state index contributed by atoms with van der Waals surface area (Å²) in [4.78, 5) is 0. The second-order valence-electron chi connectivity index (χ2n) is 7.94. The van der Waals surface area contributed by atoms with Crippen molar-refractivity contribution in [3.05, 3.63) is 11.5 Å². The van der Waals surface area contributed by atoms with Gasteiger partial charge in [0.2, 0.25) is 5.45 Å². The third-order valence-corrected chi connectivity index (χ3v) is 7.79. The third kappa shape index (κ3) is 6.34. The number of hydrogen-bond donors (Lipinski definition) is 0. The molecule has 0 radical (unpaired) electrons. The molecule has 0 amide bonds. The van der Waals surface area contributed by atoms with Crippen LogP contribution in [0.15, 0.2) is 11.5 Å². The summed E-state index contributed by atoms with van der Waals surface area (Å²) in [7, 11) is -11.3. The van der Waals surface area contributed by atoms with Gasteiger partial charge in [-0.25, -0.2) is 4.39 Å². The van der Waals surface area contributed by atoms with Crippen molar-refractivity contribution in [3.63, 3.8) is 0 Å². The summed E-state index contributed by atoms with van der Waals surface area (Å²) < 4.78 is 398. The highest BCUT2D eigenvalue weighted by molar-refractivity contribution is 6.77. The minimum atomic E-state index is -11.3. The minimum Gasteiger partial charge on any atom is -0.319 e. The van der Waals surface area contributed by atoms with Crippen molar-refractivity contribution >= 4 is 8.56 Å². The summed E-state index contributed by atoms with van der Waals surface area (Å²) in [5, 5.41) is 0. The van der Waals surface area contributed by atoms with Crippen LogP contribution in [0.5, 0.6) is 0 Å². The van der Waals surface area contributed by atoms with Gasteiger partial charge in [-0.2, -0.15) is 127 Å². The topological polar surface area (TPSA) is 18.5 Å². The SMILES string of the molecule is FC(F)=C(F)[Si](OC(F)(F)C(F)(F)F)(OC(F)(F)C(F)(F)F)C(F)(F)C(F)(F)C(F)(F)C(F)(F)C(F)(F)C(F)(F)C(F)(F)C(F)(F)F. The Morgan fingerprint density at radius 2 is 0.553 bits per heavy atom. The zero-order chi connectivity index (χ0) is 39.1. The molecule has 0 spiro atoms. The van der Waals surface area contributed by atoms with E-state index in [1.807, 2.05) is 0 Å². The van der Waals surface area contributed by atoms with Crippen LogP contribution < -0.4 is 0 Å². The molecule has 0 fully saturated rings. The van der Waals surface area contributed by atoms with E-state index in [9.17, 15) is 132 Å². The van der Waals surface area contributed by atoms with Gasteiger partial charge >= 0.3 is 86.5 Å². The molecule has 33 heteroatoms. The number of halogens is 30. The van der Waals surface area contributed by atoms with E-state index in [2.05, 4.69) is 0 Å². The largest absolute Gasteiger partial charge is 0.498 e. The lowest BCUT2D eigenvalue weighted by Gasteiger charge is -2.46. The van der Waals surface area contributed by atoms with Crippen LogP contribution in [0.3, 0.4) is 0 Å². The van der Waals surface area contributed by atoms with E-state index in [1.54, 1.807) is 0 Å². The van der Waals surface area contributed by atoms with Crippen molar-refractivity contribution in [2.45, 2.75) is 71.8 Å². The van der Waals surface area contributed by atoms with Crippen LogP contribution in [0.4, 0.5) is 132 Å². The molecule has 0 saturated heterocycles. The van der Waals surface area contributed by atoms with E-state index in [0.29, 0.717) is 0 Å². The van der Waals surface area contributed by atoms with Crippen LogP contribution in [-0.4, -0.2) is 80.4 Å². The van der Waals surface area contributed by atoms with Crippen molar-refractivity contribution in [1.82, 2.24) is 0 Å². The first-order valence-corrected chi connectivity index (χ1v) is 11.3. The molecule has 0 heterocycles. The van der Waals surface area contributed by atoms with Crippen LogP contribution in [0.2, 0.25) is 0 Å². The molecule has 0 aliphatic heterocycles. The molecular formula is C14F30O2Si. The highest BCUT2D eigenvalue weighted by Gasteiger charge is 2.98. The average molecular weight is 798 g/mol. The van der Waals surface area contributed by atoms with Gasteiger partial charge in [0.25, 0.3) is 0 Å². The van der Waals surface area contributed by atoms with Gasteiger partial charge in [0, 0.05) is 0 Å². The van der Waals surface area contributed by atoms with Gasteiger partial charge in [0.05, 0.1) is 0 Å². The Morgan fingerprint density at radius 1 is 0.319 bits per heavy atom. The first-order valence-electron chi connectivity index (χ1n) is 9.49. The Labute approximate surface area is 234 Å². The van der Waals surface area contributed by atoms with E-state index in [1.165, 1.54) is 8.85 Å². The zero-order valence-corrected chi connectivity index (χ0v) is 20.7. The molecule has 0 aliphatic rings.